The Balaban J connectivity index is 1.61. The summed E-state index contributed by atoms with van der Waals surface area (Å²) in [5.41, 5.74) is 0. The van der Waals surface area contributed by atoms with Gasteiger partial charge in [0.2, 0.25) is 0 Å². The van der Waals surface area contributed by atoms with E-state index < -0.39 is 12.0 Å². The number of carbonyl (C=O) groups excluding carboxylic acids is 1. The van der Waals surface area contributed by atoms with E-state index in [-0.39, 0.29) is 11.9 Å². The first-order valence-electron chi connectivity index (χ1n) is 7.83. The molecule has 0 aliphatic heterocycles. The number of urea groups is 1. The average molecular weight is 282 g/mol. The van der Waals surface area contributed by atoms with Crippen molar-refractivity contribution in [2.75, 3.05) is 6.54 Å². The monoisotopic (exact) mass is 282 g/mol. The zero-order valence-corrected chi connectivity index (χ0v) is 12.2. The number of carboxylic acid groups (broad SMARTS) is 1. The SMILES string of the molecule is CC1CCC(CCNC(=O)NC(C(=O)O)C2CC2)CC1. The molecule has 0 radical (unpaired) electrons. The van der Waals surface area contributed by atoms with Crippen molar-refractivity contribution >= 4 is 12.0 Å². The Kier molecular flexibility index (Phi) is 5.26. The molecule has 2 amide bonds. The summed E-state index contributed by atoms with van der Waals surface area (Å²) in [7, 11) is 0. The van der Waals surface area contributed by atoms with E-state index in [1.807, 2.05) is 0 Å². The molecule has 1 atom stereocenters. The zero-order valence-electron chi connectivity index (χ0n) is 12.2. The van der Waals surface area contributed by atoms with Crippen LogP contribution in [0.1, 0.15) is 51.9 Å². The fourth-order valence-electron chi connectivity index (χ4n) is 3.01. The number of hydrogen-bond acceptors (Lipinski definition) is 2. The smallest absolute Gasteiger partial charge is 0.326 e. The van der Waals surface area contributed by atoms with E-state index in [4.69, 9.17) is 5.11 Å². The Bertz CT molecular complexity index is 347. The highest BCUT2D eigenvalue weighted by molar-refractivity contribution is 5.83. The summed E-state index contributed by atoms with van der Waals surface area (Å²) in [5, 5.41) is 14.4. The van der Waals surface area contributed by atoms with Gasteiger partial charge in [0.15, 0.2) is 0 Å². The fraction of sp³-hybridized carbons (Fsp3) is 0.867. The lowest BCUT2D eigenvalue weighted by atomic mass is 9.81. The van der Waals surface area contributed by atoms with Crippen molar-refractivity contribution < 1.29 is 14.7 Å². The maximum atomic E-state index is 11.7. The molecule has 2 rings (SSSR count). The molecule has 0 bridgehead atoms. The third-order valence-corrected chi connectivity index (χ3v) is 4.62. The topological polar surface area (TPSA) is 78.4 Å². The van der Waals surface area contributed by atoms with Gasteiger partial charge in [0, 0.05) is 6.54 Å². The number of carboxylic acids is 1. The minimum Gasteiger partial charge on any atom is -0.480 e. The van der Waals surface area contributed by atoms with Gasteiger partial charge in [0.05, 0.1) is 0 Å². The van der Waals surface area contributed by atoms with Crippen molar-refractivity contribution in [1.82, 2.24) is 10.6 Å². The molecule has 20 heavy (non-hydrogen) atoms. The summed E-state index contributed by atoms with van der Waals surface area (Å²) < 4.78 is 0. The molecule has 2 saturated carbocycles. The van der Waals surface area contributed by atoms with Gasteiger partial charge in [-0.25, -0.2) is 9.59 Å². The summed E-state index contributed by atoms with van der Waals surface area (Å²) >= 11 is 0. The van der Waals surface area contributed by atoms with Crippen LogP contribution in [-0.4, -0.2) is 29.7 Å². The van der Waals surface area contributed by atoms with Gasteiger partial charge in [0.1, 0.15) is 6.04 Å². The fourth-order valence-corrected chi connectivity index (χ4v) is 3.01. The predicted molar refractivity (Wildman–Crippen MR) is 76.4 cm³/mol. The largest absolute Gasteiger partial charge is 0.480 e. The molecule has 5 heteroatoms. The third kappa shape index (κ3) is 4.69. The van der Waals surface area contributed by atoms with Crippen molar-refractivity contribution in [2.24, 2.45) is 17.8 Å². The van der Waals surface area contributed by atoms with E-state index in [9.17, 15) is 9.59 Å². The highest BCUT2D eigenvalue weighted by Crippen LogP contribution is 2.32. The van der Waals surface area contributed by atoms with Crippen LogP contribution in [-0.2, 0) is 4.79 Å². The van der Waals surface area contributed by atoms with Crippen LogP contribution < -0.4 is 10.6 Å². The highest BCUT2D eigenvalue weighted by Gasteiger charge is 2.37. The summed E-state index contributed by atoms with van der Waals surface area (Å²) in [6.07, 6.45) is 7.89. The first-order valence-corrected chi connectivity index (χ1v) is 7.83. The van der Waals surface area contributed by atoms with Crippen LogP contribution in [0.4, 0.5) is 4.79 Å². The second-order valence-electron chi connectivity index (χ2n) is 6.47. The van der Waals surface area contributed by atoms with Gasteiger partial charge < -0.3 is 15.7 Å². The van der Waals surface area contributed by atoms with Gasteiger partial charge in [-0.1, -0.05) is 32.6 Å². The third-order valence-electron chi connectivity index (χ3n) is 4.62. The van der Waals surface area contributed by atoms with E-state index in [1.165, 1.54) is 25.7 Å². The second-order valence-corrected chi connectivity index (χ2v) is 6.47. The molecule has 0 heterocycles. The molecule has 2 aliphatic rings. The number of rotatable bonds is 6. The molecular formula is C15H26N2O3. The van der Waals surface area contributed by atoms with E-state index in [1.54, 1.807) is 0 Å². The van der Waals surface area contributed by atoms with Crippen LogP contribution in [0.15, 0.2) is 0 Å². The lowest BCUT2D eigenvalue weighted by Gasteiger charge is -2.26. The predicted octanol–water partition coefficient (Wildman–Crippen LogP) is 2.37. The number of aliphatic carboxylic acids is 1. The Labute approximate surface area is 120 Å². The maximum absolute atomic E-state index is 11.7. The maximum Gasteiger partial charge on any atom is 0.326 e. The van der Waals surface area contributed by atoms with Crippen molar-refractivity contribution in [2.45, 2.75) is 57.9 Å². The van der Waals surface area contributed by atoms with Gasteiger partial charge in [-0.15, -0.1) is 0 Å². The first-order chi connectivity index (χ1) is 9.56. The Hall–Kier alpha value is -1.26. The van der Waals surface area contributed by atoms with Crippen molar-refractivity contribution in [3.05, 3.63) is 0 Å². The Morgan fingerprint density at radius 1 is 1.15 bits per heavy atom. The molecule has 3 N–H and O–H groups in total. The lowest BCUT2D eigenvalue weighted by Crippen LogP contribution is -2.47. The molecule has 1 unspecified atom stereocenters. The van der Waals surface area contributed by atoms with Crippen LogP contribution in [0.5, 0.6) is 0 Å². The van der Waals surface area contributed by atoms with Crippen molar-refractivity contribution in [3.63, 3.8) is 0 Å². The van der Waals surface area contributed by atoms with E-state index in [0.717, 1.165) is 25.2 Å². The van der Waals surface area contributed by atoms with Gasteiger partial charge in [-0.05, 0) is 37.0 Å². The number of hydrogen-bond donors (Lipinski definition) is 3. The van der Waals surface area contributed by atoms with Crippen LogP contribution >= 0.6 is 0 Å². The van der Waals surface area contributed by atoms with Crippen LogP contribution in [0.3, 0.4) is 0 Å². The second kappa shape index (κ2) is 6.95. The van der Waals surface area contributed by atoms with Crippen LogP contribution in [0.25, 0.3) is 0 Å². The summed E-state index contributed by atoms with van der Waals surface area (Å²) in [5.74, 6) is 0.754. The molecule has 0 aromatic carbocycles. The van der Waals surface area contributed by atoms with Crippen LogP contribution in [0.2, 0.25) is 0 Å². The molecular weight excluding hydrogens is 256 g/mol. The van der Waals surface area contributed by atoms with Gasteiger partial charge >= 0.3 is 12.0 Å². The van der Waals surface area contributed by atoms with Gasteiger partial charge in [0.25, 0.3) is 0 Å². The molecule has 114 valence electrons. The molecule has 2 fully saturated rings. The zero-order chi connectivity index (χ0) is 14.5. The number of carbonyl (C=O) groups is 2. The first kappa shape index (κ1) is 15.1. The summed E-state index contributed by atoms with van der Waals surface area (Å²) in [6, 6.07) is -1.06. The minimum atomic E-state index is -0.927. The Morgan fingerprint density at radius 3 is 2.35 bits per heavy atom. The molecule has 2 aliphatic carbocycles. The van der Waals surface area contributed by atoms with Gasteiger partial charge in [-0.2, -0.15) is 0 Å². The number of nitrogens with one attached hydrogen (secondary N) is 2. The standard InChI is InChI=1S/C15H26N2O3/c1-10-2-4-11(5-3-10)8-9-16-15(20)17-13(14(18)19)12-6-7-12/h10-13H,2-9H2,1H3,(H,18,19)(H2,16,17,20). The minimum absolute atomic E-state index is 0.123. The van der Waals surface area contributed by atoms with E-state index in [0.29, 0.717) is 12.5 Å². The average Bonchev–Trinajstić information content (AvgIpc) is 3.22. The molecule has 0 aromatic heterocycles. The van der Waals surface area contributed by atoms with Crippen molar-refractivity contribution in [1.29, 1.82) is 0 Å². The molecule has 0 saturated heterocycles. The quantitative estimate of drug-likeness (QED) is 0.700. The normalized spacial score (nSPS) is 27.6. The Morgan fingerprint density at radius 2 is 1.80 bits per heavy atom. The number of amides is 2. The molecule has 5 nitrogen and oxygen atoms in total. The molecule has 0 aromatic rings. The molecule has 0 spiro atoms. The summed E-state index contributed by atoms with van der Waals surface area (Å²) in [6.45, 7) is 2.94. The van der Waals surface area contributed by atoms with E-state index in [2.05, 4.69) is 17.6 Å². The highest BCUT2D eigenvalue weighted by atomic mass is 16.4. The van der Waals surface area contributed by atoms with Crippen molar-refractivity contribution in [3.8, 4) is 0 Å². The summed E-state index contributed by atoms with van der Waals surface area (Å²) in [4.78, 5) is 22.7. The van der Waals surface area contributed by atoms with Crippen LogP contribution in [0, 0.1) is 17.8 Å². The van der Waals surface area contributed by atoms with E-state index >= 15 is 0 Å². The lowest BCUT2D eigenvalue weighted by molar-refractivity contribution is -0.139. The van der Waals surface area contributed by atoms with Gasteiger partial charge in [-0.3, -0.25) is 0 Å².